The molecule has 0 aliphatic carbocycles. The van der Waals surface area contributed by atoms with Crippen LogP contribution in [0.5, 0.6) is 0 Å². The molecule has 1 rings (SSSR count). The molecule has 17 heavy (non-hydrogen) atoms. The van der Waals surface area contributed by atoms with Crippen LogP contribution in [0, 0.1) is 5.41 Å². The lowest BCUT2D eigenvalue weighted by molar-refractivity contribution is -0.146. The van der Waals surface area contributed by atoms with Crippen LogP contribution in [0.15, 0.2) is 0 Å². The monoisotopic (exact) mass is 242 g/mol. The highest BCUT2D eigenvalue weighted by Gasteiger charge is 2.29. The third kappa shape index (κ3) is 3.61. The second kappa shape index (κ2) is 5.38. The molecule has 1 aliphatic rings. The second-order valence-electron chi connectivity index (χ2n) is 5.39. The minimum atomic E-state index is -0.922. The van der Waals surface area contributed by atoms with E-state index in [0.717, 1.165) is 25.8 Å². The largest absolute Gasteiger partial charge is 0.481 e. The molecule has 0 spiro atoms. The molecular formula is C12H22N2O3. The standard InChI is InChI=1S/C12H22N2O3/c1-9-6-4-5-7-14(9)11(17)13-8-12(2,3)10(15)16/h9H,4-8H2,1-3H3,(H,13,17)(H,15,16). The molecule has 0 aromatic carbocycles. The van der Waals surface area contributed by atoms with Crippen LogP contribution in [0.25, 0.3) is 0 Å². The fourth-order valence-corrected chi connectivity index (χ4v) is 1.87. The number of carbonyl (C=O) groups is 2. The van der Waals surface area contributed by atoms with Gasteiger partial charge >= 0.3 is 12.0 Å². The third-order valence-corrected chi connectivity index (χ3v) is 3.32. The number of rotatable bonds is 3. The van der Waals surface area contributed by atoms with Gasteiger partial charge in [-0.05, 0) is 40.0 Å². The van der Waals surface area contributed by atoms with Gasteiger partial charge < -0.3 is 15.3 Å². The molecule has 0 saturated carbocycles. The van der Waals surface area contributed by atoms with E-state index in [1.165, 1.54) is 0 Å². The number of nitrogens with one attached hydrogen (secondary N) is 1. The molecule has 1 heterocycles. The van der Waals surface area contributed by atoms with Crippen molar-refractivity contribution in [1.29, 1.82) is 0 Å². The van der Waals surface area contributed by atoms with Crippen LogP contribution in [-0.2, 0) is 4.79 Å². The third-order valence-electron chi connectivity index (χ3n) is 3.32. The van der Waals surface area contributed by atoms with E-state index in [1.807, 2.05) is 6.92 Å². The highest BCUT2D eigenvalue weighted by Crippen LogP contribution is 2.17. The molecule has 1 atom stereocenters. The SMILES string of the molecule is CC1CCCCN1C(=O)NCC(C)(C)C(=O)O. The minimum absolute atomic E-state index is 0.147. The number of nitrogens with zero attached hydrogens (tertiary/aromatic N) is 1. The van der Waals surface area contributed by atoms with Crippen molar-refractivity contribution >= 4 is 12.0 Å². The number of hydrogen-bond donors (Lipinski definition) is 2. The lowest BCUT2D eigenvalue weighted by Crippen LogP contribution is -2.50. The molecule has 5 nitrogen and oxygen atoms in total. The number of carboxylic acids is 1. The lowest BCUT2D eigenvalue weighted by atomic mass is 9.94. The summed E-state index contributed by atoms with van der Waals surface area (Å²) >= 11 is 0. The molecule has 0 bridgehead atoms. The highest BCUT2D eigenvalue weighted by molar-refractivity contribution is 5.77. The maximum atomic E-state index is 11.9. The van der Waals surface area contributed by atoms with Crippen LogP contribution >= 0.6 is 0 Å². The van der Waals surface area contributed by atoms with Crippen LogP contribution in [0.4, 0.5) is 4.79 Å². The Morgan fingerprint density at radius 1 is 1.41 bits per heavy atom. The van der Waals surface area contributed by atoms with Gasteiger partial charge in [-0.25, -0.2) is 4.79 Å². The summed E-state index contributed by atoms with van der Waals surface area (Å²) in [5.41, 5.74) is -0.922. The van der Waals surface area contributed by atoms with E-state index in [4.69, 9.17) is 5.11 Å². The van der Waals surface area contributed by atoms with Crippen molar-refractivity contribution in [2.45, 2.75) is 46.1 Å². The number of piperidine rings is 1. The maximum Gasteiger partial charge on any atom is 0.317 e. The van der Waals surface area contributed by atoms with E-state index < -0.39 is 11.4 Å². The van der Waals surface area contributed by atoms with Crippen LogP contribution < -0.4 is 5.32 Å². The predicted molar refractivity (Wildman–Crippen MR) is 64.8 cm³/mol. The van der Waals surface area contributed by atoms with E-state index in [1.54, 1.807) is 18.7 Å². The average Bonchev–Trinajstić information content (AvgIpc) is 2.26. The Morgan fingerprint density at radius 3 is 2.59 bits per heavy atom. The van der Waals surface area contributed by atoms with E-state index >= 15 is 0 Å². The Kier molecular flexibility index (Phi) is 4.37. The maximum absolute atomic E-state index is 11.9. The summed E-state index contributed by atoms with van der Waals surface area (Å²) in [6, 6.07) is 0.100. The summed E-state index contributed by atoms with van der Waals surface area (Å²) in [6.07, 6.45) is 3.21. The molecule has 1 aliphatic heterocycles. The number of aliphatic carboxylic acids is 1. The van der Waals surface area contributed by atoms with Gasteiger partial charge in [-0.15, -0.1) is 0 Å². The molecule has 1 saturated heterocycles. The molecular weight excluding hydrogens is 220 g/mol. The van der Waals surface area contributed by atoms with Gasteiger partial charge in [0.05, 0.1) is 5.41 Å². The molecule has 0 radical (unpaired) electrons. The Balaban J connectivity index is 2.46. The summed E-state index contributed by atoms with van der Waals surface area (Å²) in [4.78, 5) is 24.6. The van der Waals surface area contributed by atoms with Crippen molar-refractivity contribution in [3.05, 3.63) is 0 Å². The molecule has 2 amide bonds. The number of carbonyl (C=O) groups excluding carboxylic acids is 1. The van der Waals surface area contributed by atoms with Crippen LogP contribution in [0.1, 0.15) is 40.0 Å². The van der Waals surface area contributed by atoms with E-state index in [2.05, 4.69) is 5.32 Å². The van der Waals surface area contributed by atoms with Crippen molar-refractivity contribution < 1.29 is 14.7 Å². The Bertz CT molecular complexity index is 302. The van der Waals surface area contributed by atoms with Gasteiger partial charge in [0.2, 0.25) is 0 Å². The Hall–Kier alpha value is -1.26. The van der Waals surface area contributed by atoms with Crippen LogP contribution in [-0.4, -0.2) is 41.1 Å². The zero-order chi connectivity index (χ0) is 13.1. The molecule has 5 heteroatoms. The van der Waals surface area contributed by atoms with E-state index in [0.29, 0.717) is 0 Å². The number of hydrogen-bond acceptors (Lipinski definition) is 2. The fourth-order valence-electron chi connectivity index (χ4n) is 1.87. The highest BCUT2D eigenvalue weighted by atomic mass is 16.4. The molecule has 0 aromatic rings. The number of likely N-dealkylation sites (tertiary alicyclic amines) is 1. The average molecular weight is 242 g/mol. The molecule has 1 unspecified atom stereocenters. The Labute approximate surface area is 102 Å². The smallest absolute Gasteiger partial charge is 0.317 e. The van der Waals surface area contributed by atoms with Gasteiger partial charge in [0.25, 0.3) is 0 Å². The number of carboxylic acid groups (broad SMARTS) is 1. The number of amides is 2. The second-order valence-corrected chi connectivity index (χ2v) is 5.39. The number of urea groups is 1. The quantitative estimate of drug-likeness (QED) is 0.791. The zero-order valence-corrected chi connectivity index (χ0v) is 10.8. The van der Waals surface area contributed by atoms with Crippen molar-refractivity contribution in [1.82, 2.24) is 10.2 Å². The van der Waals surface area contributed by atoms with Gasteiger partial charge in [-0.2, -0.15) is 0 Å². The van der Waals surface area contributed by atoms with Crippen LogP contribution in [0.3, 0.4) is 0 Å². The first-order valence-corrected chi connectivity index (χ1v) is 6.12. The topological polar surface area (TPSA) is 69.6 Å². The summed E-state index contributed by atoms with van der Waals surface area (Å²) in [5, 5.41) is 11.7. The minimum Gasteiger partial charge on any atom is -0.481 e. The Morgan fingerprint density at radius 2 is 2.06 bits per heavy atom. The summed E-state index contributed by atoms with van der Waals surface area (Å²) in [7, 11) is 0. The van der Waals surface area contributed by atoms with Gasteiger partial charge in [0, 0.05) is 19.1 Å². The van der Waals surface area contributed by atoms with E-state index in [-0.39, 0.29) is 18.6 Å². The van der Waals surface area contributed by atoms with Crippen molar-refractivity contribution in [2.24, 2.45) is 5.41 Å². The predicted octanol–water partition coefficient (Wildman–Crippen LogP) is 1.68. The summed E-state index contributed by atoms with van der Waals surface area (Å²) < 4.78 is 0. The summed E-state index contributed by atoms with van der Waals surface area (Å²) in [5.74, 6) is -0.899. The van der Waals surface area contributed by atoms with Gasteiger partial charge in [0.1, 0.15) is 0 Å². The van der Waals surface area contributed by atoms with Gasteiger partial charge in [-0.3, -0.25) is 4.79 Å². The van der Waals surface area contributed by atoms with Crippen molar-refractivity contribution in [2.75, 3.05) is 13.1 Å². The first-order valence-electron chi connectivity index (χ1n) is 6.12. The molecule has 2 N–H and O–H groups in total. The van der Waals surface area contributed by atoms with Crippen LogP contribution in [0.2, 0.25) is 0 Å². The summed E-state index contributed by atoms with van der Waals surface area (Å²) in [6.45, 7) is 6.16. The fraction of sp³-hybridized carbons (Fsp3) is 0.833. The van der Waals surface area contributed by atoms with Crippen molar-refractivity contribution in [3.63, 3.8) is 0 Å². The van der Waals surface area contributed by atoms with Crippen molar-refractivity contribution in [3.8, 4) is 0 Å². The normalized spacial score (nSPS) is 21.1. The van der Waals surface area contributed by atoms with Gasteiger partial charge in [-0.1, -0.05) is 0 Å². The zero-order valence-electron chi connectivity index (χ0n) is 10.8. The first kappa shape index (κ1) is 13.8. The first-order chi connectivity index (χ1) is 7.84. The lowest BCUT2D eigenvalue weighted by Gasteiger charge is -2.34. The van der Waals surface area contributed by atoms with Gasteiger partial charge in [0.15, 0.2) is 0 Å². The van der Waals surface area contributed by atoms with E-state index in [9.17, 15) is 9.59 Å². The molecule has 1 fully saturated rings. The molecule has 0 aromatic heterocycles. The molecule has 98 valence electrons.